The quantitative estimate of drug-likeness (QED) is 0.560. The van der Waals surface area contributed by atoms with Crippen molar-refractivity contribution in [1.29, 1.82) is 0 Å². The number of amides is 1. The van der Waals surface area contributed by atoms with Gasteiger partial charge in [0.25, 0.3) is 6.43 Å². The van der Waals surface area contributed by atoms with Gasteiger partial charge in [-0.1, -0.05) is 0 Å². The summed E-state index contributed by atoms with van der Waals surface area (Å²) < 4.78 is 27.1. The summed E-state index contributed by atoms with van der Waals surface area (Å²) in [5, 5.41) is 10.9. The second kappa shape index (κ2) is 9.65. The number of carbonyl (C=O) groups is 1. The summed E-state index contributed by atoms with van der Waals surface area (Å²) in [5.74, 6) is 0.649. The normalized spacial score (nSPS) is 18.6. The molecular weight excluding hydrogens is 454 g/mol. The first-order valence-electron chi connectivity index (χ1n) is 11.8. The number of halogens is 2. The van der Waals surface area contributed by atoms with E-state index in [0.717, 1.165) is 59.8 Å². The van der Waals surface area contributed by atoms with Gasteiger partial charge in [-0.3, -0.25) is 14.8 Å². The van der Waals surface area contributed by atoms with Gasteiger partial charge in [0.05, 0.1) is 41.4 Å². The van der Waals surface area contributed by atoms with Gasteiger partial charge in [0.2, 0.25) is 11.9 Å². The lowest BCUT2D eigenvalue weighted by Crippen LogP contribution is -2.41. The number of anilines is 1. The summed E-state index contributed by atoms with van der Waals surface area (Å²) in [5.41, 5.74) is 4.78. The average molecular weight is 483 g/mol. The van der Waals surface area contributed by atoms with E-state index in [9.17, 15) is 13.6 Å². The zero-order valence-corrected chi connectivity index (χ0v) is 19.7. The first-order chi connectivity index (χ1) is 16.9. The Labute approximate surface area is 201 Å². The summed E-state index contributed by atoms with van der Waals surface area (Å²) in [6, 6.07) is 5.73. The summed E-state index contributed by atoms with van der Waals surface area (Å²) in [7, 11) is 0. The van der Waals surface area contributed by atoms with Gasteiger partial charge in [0.15, 0.2) is 0 Å². The van der Waals surface area contributed by atoms with Gasteiger partial charge in [0, 0.05) is 49.9 Å². The van der Waals surface area contributed by atoms with E-state index in [-0.39, 0.29) is 24.5 Å². The molecule has 5 heterocycles. The molecule has 0 radical (unpaired) electrons. The fraction of sp³-hybridized carbons (Fsp3) is 0.458. The van der Waals surface area contributed by atoms with Gasteiger partial charge in [-0.25, -0.2) is 18.3 Å². The molecule has 11 heteroatoms. The van der Waals surface area contributed by atoms with Gasteiger partial charge in [-0.2, -0.15) is 0 Å². The van der Waals surface area contributed by atoms with Crippen molar-refractivity contribution in [1.82, 2.24) is 29.8 Å². The van der Waals surface area contributed by atoms with Gasteiger partial charge in [0.1, 0.15) is 0 Å². The van der Waals surface area contributed by atoms with E-state index in [0.29, 0.717) is 12.4 Å². The third-order valence-electron chi connectivity index (χ3n) is 6.63. The number of hydrogen-bond acceptors (Lipinski definition) is 7. The molecule has 0 bridgehead atoms. The monoisotopic (exact) mass is 482 g/mol. The number of aromatic nitrogens is 4. The molecule has 1 unspecified atom stereocenters. The first-order valence-corrected chi connectivity index (χ1v) is 11.8. The number of fused-ring (bicyclic) bond motifs is 2. The summed E-state index contributed by atoms with van der Waals surface area (Å²) in [4.78, 5) is 27.3. The van der Waals surface area contributed by atoms with Gasteiger partial charge in [-0.05, 0) is 38.0 Å². The maximum absolute atomic E-state index is 12.7. The summed E-state index contributed by atoms with van der Waals surface area (Å²) >= 11 is 0. The Bertz CT molecular complexity index is 1270. The van der Waals surface area contributed by atoms with Crippen molar-refractivity contribution >= 4 is 28.8 Å². The molecule has 1 amide bonds. The lowest BCUT2D eigenvalue weighted by molar-refractivity contribution is -0.129. The number of rotatable bonds is 6. The number of piperidine rings is 1. The molecule has 2 N–H and O–H groups in total. The van der Waals surface area contributed by atoms with Crippen molar-refractivity contribution in [2.45, 2.75) is 51.6 Å². The maximum atomic E-state index is 12.7. The largest absolute Gasteiger partial charge is 0.350 e. The molecule has 9 nitrogen and oxygen atoms in total. The molecular formula is C24H28F2N8O. The molecule has 0 saturated carbocycles. The second-order valence-corrected chi connectivity index (χ2v) is 9.04. The van der Waals surface area contributed by atoms with Crippen LogP contribution in [0.3, 0.4) is 0 Å². The number of carbonyl (C=O) groups excluding carboxylic acids is 1. The molecule has 5 rings (SSSR count). The van der Waals surface area contributed by atoms with E-state index < -0.39 is 6.43 Å². The van der Waals surface area contributed by atoms with Crippen LogP contribution in [0.5, 0.6) is 0 Å². The van der Waals surface area contributed by atoms with Crippen LogP contribution in [-0.4, -0.2) is 74.2 Å². The van der Waals surface area contributed by atoms with Crippen LogP contribution in [0.4, 0.5) is 20.4 Å². The van der Waals surface area contributed by atoms with Crippen LogP contribution >= 0.6 is 0 Å². The number of aliphatic imine (C=N–C) groups is 1. The van der Waals surface area contributed by atoms with Crippen molar-refractivity contribution in [2.75, 3.05) is 25.0 Å². The Morgan fingerprint density at radius 3 is 2.77 bits per heavy atom. The van der Waals surface area contributed by atoms with Crippen molar-refractivity contribution in [2.24, 2.45) is 4.99 Å². The third-order valence-corrected chi connectivity index (χ3v) is 6.63. The van der Waals surface area contributed by atoms with Crippen LogP contribution < -0.4 is 10.6 Å². The van der Waals surface area contributed by atoms with Crippen molar-refractivity contribution in [3.05, 3.63) is 36.3 Å². The molecule has 1 fully saturated rings. The summed E-state index contributed by atoms with van der Waals surface area (Å²) in [6.07, 6.45) is 3.43. The smallest absolute Gasteiger partial charge is 0.250 e. The number of likely N-dealkylation sites (tertiary alicyclic amines) is 1. The molecule has 1 saturated heterocycles. The number of alkyl halides is 2. The van der Waals surface area contributed by atoms with Crippen LogP contribution in [0.1, 0.15) is 32.4 Å². The van der Waals surface area contributed by atoms with Crippen LogP contribution in [-0.2, 0) is 11.2 Å². The SMILES string of the molecule is CC(=O)N1CCC(Nc2ncc3c(-c4ccc5c(n4)CC(NCC(F)F)C(C)=N5)ccn3n2)CC1. The zero-order valence-electron chi connectivity index (χ0n) is 19.7. The molecule has 0 aliphatic carbocycles. The predicted octanol–water partition coefficient (Wildman–Crippen LogP) is 3.09. The molecule has 0 spiro atoms. The first kappa shape index (κ1) is 23.3. The average Bonchev–Trinajstić information content (AvgIpc) is 3.26. The molecule has 184 valence electrons. The Morgan fingerprint density at radius 1 is 1.23 bits per heavy atom. The minimum absolute atomic E-state index is 0.110. The Balaban J connectivity index is 1.32. The molecule has 0 aromatic carbocycles. The minimum atomic E-state index is -2.41. The lowest BCUT2D eigenvalue weighted by atomic mass is 10.0. The highest BCUT2D eigenvalue weighted by Crippen LogP contribution is 2.30. The molecule has 3 aromatic rings. The van der Waals surface area contributed by atoms with Crippen molar-refractivity contribution < 1.29 is 13.6 Å². The maximum Gasteiger partial charge on any atom is 0.250 e. The van der Waals surface area contributed by atoms with Crippen LogP contribution in [0, 0.1) is 0 Å². The van der Waals surface area contributed by atoms with Crippen LogP contribution in [0.25, 0.3) is 16.8 Å². The van der Waals surface area contributed by atoms with E-state index in [1.807, 2.05) is 36.2 Å². The fourth-order valence-corrected chi connectivity index (χ4v) is 4.66. The Morgan fingerprint density at radius 2 is 2.03 bits per heavy atom. The van der Waals surface area contributed by atoms with Gasteiger partial charge < -0.3 is 15.5 Å². The number of pyridine rings is 1. The lowest BCUT2D eigenvalue weighted by Gasteiger charge is -2.31. The Hall–Kier alpha value is -3.47. The standard InChI is InChI=1S/C24H28F2N8O/c1-14-20(27-13-23(25)26)11-21-19(29-14)4-3-18(31-21)17-7-10-34-22(17)12-28-24(32-34)30-16-5-8-33(9-6-16)15(2)35/h3-4,7,10,12,16,20,23,27H,5-6,8-9,11,13H2,1-2H3,(H,30,32). The predicted molar refractivity (Wildman–Crippen MR) is 129 cm³/mol. The minimum Gasteiger partial charge on any atom is -0.350 e. The molecule has 1 atom stereocenters. The highest BCUT2D eigenvalue weighted by Gasteiger charge is 2.24. The highest BCUT2D eigenvalue weighted by atomic mass is 19.3. The third kappa shape index (κ3) is 5.00. The Kier molecular flexibility index (Phi) is 6.42. The summed E-state index contributed by atoms with van der Waals surface area (Å²) in [6.45, 7) is 4.53. The molecule has 3 aromatic heterocycles. The fourth-order valence-electron chi connectivity index (χ4n) is 4.66. The van der Waals surface area contributed by atoms with E-state index in [1.54, 1.807) is 17.6 Å². The number of nitrogens with zero attached hydrogens (tertiary/aromatic N) is 6. The second-order valence-electron chi connectivity index (χ2n) is 9.04. The van der Waals surface area contributed by atoms with E-state index >= 15 is 0 Å². The zero-order chi connectivity index (χ0) is 24.5. The molecule has 2 aliphatic heterocycles. The highest BCUT2D eigenvalue weighted by molar-refractivity contribution is 5.92. The molecule has 35 heavy (non-hydrogen) atoms. The molecule has 2 aliphatic rings. The number of nitrogens with one attached hydrogen (secondary N) is 2. The van der Waals surface area contributed by atoms with Crippen molar-refractivity contribution in [3.8, 4) is 11.3 Å². The van der Waals surface area contributed by atoms with Gasteiger partial charge >= 0.3 is 0 Å². The number of hydrogen-bond donors (Lipinski definition) is 2. The topological polar surface area (TPSA) is 99.8 Å². The van der Waals surface area contributed by atoms with E-state index in [2.05, 4.69) is 25.7 Å². The van der Waals surface area contributed by atoms with Crippen LogP contribution in [0.15, 0.2) is 35.6 Å². The van der Waals surface area contributed by atoms with E-state index in [4.69, 9.17) is 4.98 Å². The van der Waals surface area contributed by atoms with Gasteiger partial charge in [-0.15, -0.1) is 5.10 Å². The van der Waals surface area contributed by atoms with E-state index in [1.165, 1.54) is 0 Å². The van der Waals surface area contributed by atoms with Crippen molar-refractivity contribution in [3.63, 3.8) is 0 Å². The van der Waals surface area contributed by atoms with Crippen LogP contribution in [0.2, 0.25) is 0 Å².